The van der Waals surface area contributed by atoms with Crippen LogP contribution >= 0.6 is 0 Å². The molecule has 0 bridgehead atoms. The lowest BCUT2D eigenvalue weighted by Gasteiger charge is -2.37. The quantitative estimate of drug-likeness (QED) is 0.861. The highest BCUT2D eigenvalue weighted by Gasteiger charge is 2.27. The molecule has 0 amide bonds. The molecule has 1 unspecified atom stereocenters. The Morgan fingerprint density at radius 2 is 2.00 bits per heavy atom. The molecule has 1 aromatic heterocycles. The van der Waals surface area contributed by atoms with Crippen molar-refractivity contribution in [2.75, 3.05) is 11.9 Å². The molecule has 0 aliphatic rings. The van der Waals surface area contributed by atoms with Gasteiger partial charge in [-0.15, -0.1) is 0 Å². The Morgan fingerprint density at radius 3 is 2.45 bits per heavy atom. The molecule has 0 aliphatic heterocycles. The van der Waals surface area contributed by atoms with Crippen molar-refractivity contribution in [3.63, 3.8) is 0 Å². The van der Waals surface area contributed by atoms with Crippen molar-refractivity contribution >= 4 is 17.9 Å². The maximum Gasteiger partial charge on any atom is 0.328 e. The van der Waals surface area contributed by atoms with E-state index in [9.17, 15) is 4.79 Å². The van der Waals surface area contributed by atoms with Crippen LogP contribution < -0.4 is 4.90 Å². The minimum atomic E-state index is -0.953. The minimum absolute atomic E-state index is 0.112. The summed E-state index contributed by atoms with van der Waals surface area (Å²) in [5, 5.41) is 13.2. The Morgan fingerprint density at radius 1 is 1.45 bits per heavy atom. The van der Waals surface area contributed by atoms with Gasteiger partial charge in [0.05, 0.1) is 5.69 Å². The summed E-state index contributed by atoms with van der Waals surface area (Å²) in [5.41, 5.74) is 1.79. The zero-order valence-electron chi connectivity index (χ0n) is 13.4. The first-order valence-corrected chi connectivity index (χ1v) is 6.73. The van der Waals surface area contributed by atoms with E-state index in [1.165, 1.54) is 0 Å². The maximum atomic E-state index is 10.7. The van der Waals surface area contributed by atoms with E-state index in [1.807, 2.05) is 21.0 Å². The van der Waals surface area contributed by atoms with Crippen molar-refractivity contribution in [2.24, 2.45) is 12.5 Å². The van der Waals surface area contributed by atoms with Gasteiger partial charge in [0.15, 0.2) is 0 Å². The van der Waals surface area contributed by atoms with Crippen LogP contribution in [0.4, 0.5) is 5.82 Å². The first-order valence-electron chi connectivity index (χ1n) is 6.73. The van der Waals surface area contributed by atoms with Crippen LogP contribution in [0.3, 0.4) is 0 Å². The van der Waals surface area contributed by atoms with E-state index in [4.69, 9.17) is 5.11 Å². The van der Waals surface area contributed by atoms with Crippen LogP contribution in [0, 0.1) is 12.3 Å². The Balaban J connectivity index is 3.27. The number of nitrogens with zero attached hydrogens (tertiary/aromatic N) is 3. The standard InChI is InChI=1S/C15H25N3O2/c1-10-12(8-9-13(19)20)14(18(7)16-10)17(6)11(2)15(3,4)5/h8-9,11H,1-7H3,(H,19,20). The topological polar surface area (TPSA) is 58.4 Å². The predicted octanol–water partition coefficient (Wildman–Crippen LogP) is 2.70. The smallest absolute Gasteiger partial charge is 0.328 e. The summed E-state index contributed by atoms with van der Waals surface area (Å²) in [6.07, 6.45) is 2.77. The van der Waals surface area contributed by atoms with E-state index in [0.29, 0.717) is 0 Å². The van der Waals surface area contributed by atoms with Gasteiger partial charge in [0.25, 0.3) is 0 Å². The molecule has 112 valence electrons. The van der Waals surface area contributed by atoms with Crippen LogP contribution in [0.25, 0.3) is 6.08 Å². The van der Waals surface area contributed by atoms with E-state index in [2.05, 4.69) is 37.7 Å². The highest BCUT2D eigenvalue weighted by atomic mass is 16.4. The molecule has 5 heteroatoms. The molecular formula is C15H25N3O2. The fourth-order valence-corrected chi connectivity index (χ4v) is 2.19. The summed E-state index contributed by atoms with van der Waals surface area (Å²) in [6, 6.07) is 0.286. The van der Waals surface area contributed by atoms with Crippen LogP contribution in [0.2, 0.25) is 0 Å². The molecule has 0 radical (unpaired) electrons. The van der Waals surface area contributed by atoms with Crippen molar-refractivity contribution in [2.45, 2.75) is 40.7 Å². The summed E-state index contributed by atoms with van der Waals surface area (Å²) in [7, 11) is 3.90. The summed E-state index contributed by atoms with van der Waals surface area (Å²) in [6.45, 7) is 10.6. The van der Waals surface area contributed by atoms with Gasteiger partial charge < -0.3 is 10.0 Å². The van der Waals surface area contributed by atoms with Crippen molar-refractivity contribution in [1.82, 2.24) is 9.78 Å². The molecular weight excluding hydrogens is 254 g/mol. The van der Waals surface area contributed by atoms with Crippen LogP contribution in [-0.4, -0.2) is 33.9 Å². The van der Waals surface area contributed by atoms with E-state index in [-0.39, 0.29) is 11.5 Å². The lowest BCUT2D eigenvalue weighted by Crippen LogP contribution is -2.40. The van der Waals surface area contributed by atoms with Crippen LogP contribution in [0.1, 0.15) is 39.0 Å². The molecule has 1 atom stereocenters. The predicted molar refractivity (Wildman–Crippen MR) is 81.9 cm³/mol. The van der Waals surface area contributed by atoms with Gasteiger partial charge in [-0.1, -0.05) is 20.8 Å². The highest BCUT2D eigenvalue weighted by molar-refractivity contribution is 5.87. The van der Waals surface area contributed by atoms with Crippen LogP contribution in [0.15, 0.2) is 6.08 Å². The van der Waals surface area contributed by atoms with E-state index in [0.717, 1.165) is 23.2 Å². The molecule has 0 aliphatic carbocycles. The van der Waals surface area contributed by atoms with Gasteiger partial charge in [-0.3, -0.25) is 4.68 Å². The third kappa shape index (κ3) is 3.40. The van der Waals surface area contributed by atoms with Gasteiger partial charge >= 0.3 is 5.97 Å². The fraction of sp³-hybridized carbons (Fsp3) is 0.600. The van der Waals surface area contributed by atoms with E-state index in [1.54, 1.807) is 10.8 Å². The third-order valence-corrected chi connectivity index (χ3v) is 3.80. The van der Waals surface area contributed by atoms with Crippen molar-refractivity contribution in [3.8, 4) is 0 Å². The average Bonchev–Trinajstić information content (AvgIpc) is 2.58. The Labute approximate surface area is 120 Å². The summed E-state index contributed by atoms with van der Waals surface area (Å²) >= 11 is 0. The van der Waals surface area contributed by atoms with E-state index < -0.39 is 5.97 Å². The molecule has 20 heavy (non-hydrogen) atoms. The van der Waals surface area contributed by atoms with Crippen molar-refractivity contribution in [1.29, 1.82) is 0 Å². The second kappa shape index (κ2) is 5.69. The number of carbonyl (C=O) groups is 1. The Kier molecular flexibility index (Phi) is 4.63. The van der Waals surface area contributed by atoms with Gasteiger partial charge in [-0.05, 0) is 25.3 Å². The first kappa shape index (κ1) is 16.3. The number of aromatic nitrogens is 2. The Hall–Kier alpha value is -1.78. The van der Waals surface area contributed by atoms with Gasteiger partial charge in [0.2, 0.25) is 0 Å². The zero-order chi connectivity index (χ0) is 15.7. The lowest BCUT2D eigenvalue weighted by molar-refractivity contribution is -0.131. The monoisotopic (exact) mass is 279 g/mol. The first-order chi connectivity index (χ1) is 9.05. The summed E-state index contributed by atoms with van der Waals surface area (Å²) in [4.78, 5) is 12.9. The largest absolute Gasteiger partial charge is 0.478 e. The zero-order valence-corrected chi connectivity index (χ0v) is 13.4. The van der Waals surface area contributed by atoms with Crippen molar-refractivity contribution < 1.29 is 9.90 Å². The number of rotatable bonds is 4. The number of carboxylic acids is 1. The van der Waals surface area contributed by atoms with Crippen LogP contribution in [-0.2, 0) is 11.8 Å². The number of anilines is 1. The van der Waals surface area contributed by atoms with Gasteiger partial charge in [0.1, 0.15) is 5.82 Å². The molecule has 0 saturated heterocycles. The summed E-state index contributed by atoms with van der Waals surface area (Å²) < 4.78 is 1.80. The van der Waals surface area contributed by atoms with Crippen LogP contribution in [0.5, 0.6) is 0 Å². The molecule has 1 rings (SSSR count). The number of carboxylic acid groups (broad SMARTS) is 1. The number of aryl methyl sites for hydroxylation is 2. The summed E-state index contributed by atoms with van der Waals surface area (Å²) in [5.74, 6) is -0.0202. The molecule has 1 aromatic rings. The van der Waals surface area contributed by atoms with Crippen molar-refractivity contribution in [3.05, 3.63) is 17.3 Å². The minimum Gasteiger partial charge on any atom is -0.478 e. The van der Waals surface area contributed by atoms with Gasteiger partial charge in [-0.25, -0.2) is 4.79 Å². The molecule has 0 spiro atoms. The Bertz CT molecular complexity index is 524. The SMILES string of the molecule is Cc1nn(C)c(N(C)C(C)C(C)(C)C)c1C=CC(=O)O. The normalized spacial score (nSPS) is 13.8. The maximum absolute atomic E-state index is 10.7. The molecule has 1 N–H and O–H groups in total. The average molecular weight is 279 g/mol. The van der Waals surface area contributed by atoms with Gasteiger partial charge in [-0.2, -0.15) is 5.10 Å². The molecule has 0 saturated carbocycles. The molecule has 0 aromatic carbocycles. The lowest BCUT2D eigenvalue weighted by atomic mass is 9.87. The molecule has 5 nitrogen and oxygen atoms in total. The van der Waals surface area contributed by atoms with E-state index >= 15 is 0 Å². The molecule has 1 heterocycles. The third-order valence-electron chi connectivity index (χ3n) is 3.80. The van der Waals surface area contributed by atoms with Gasteiger partial charge in [0, 0.05) is 31.8 Å². The second-order valence-electron chi connectivity index (χ2n) is 6.27. The fourth-order valence-electron chi connectivity index (χ4n) is 2.19. The number of hydrogen-bond donors (Lipinski definition) is 1. The second-order valence-corrected chi connectivity index (χ2v) is 6.27. The number of hydrogen-bond acceptors (Lipinski definition) is 3. The number of aliphatic carboxylic acids is 1. The highest BCUT2D eigenvalue weighted by Crippen LogP contribution is 2.31. The molecule has 0 fully saturated rings.